The lowest BCUT2D eigenvalue weighted by atomic mass is 9.95. The van der Waals surface area contributed by atoms with E-state index in [1.165, 1.54) is 5.56 Å². The maximum absolute atomic E-state index is 5.83. The normalized spacial score (nSPS) is 23.0. The third kappa shape index (κ3) is 1.08. The van der Waals surface area contributed by atoms with Gasteiger partial charge in [-0.25, -0.2) is 0 Å². The van der Waals surface area contributed by atoms with Gasteiger partial charge in [-0.15, -0.1) is 0 Å². The minimum absolute atomic E-state index is 0.175. The largest absolute Gasteiger partial charge is 0.493 e. The molecule has 0 saturated carbocycles. The Hall–Kier alpha value is -1.02. The van der Waals surface area contributed by atoms with E-state index in [-0.39, 0.29) is 6.04 Å². The minimum atomic E-state index is 0.175. The summed E-state index contributed by atoms with van der Waals surface area (Å²) in [7, 11) is 0. The number of para-hydroxylation sites is 1. The molecule has 1 aliphatic rings. The summed E-state index contributed by atoms with van der Waals surface area (Å²) in [6.45, 7) is 2.76. The second-order valence-electron chi connectivity index (χ2n) is 3.31. The molecule has 0 spiro atoms. The van der Waals surface area contributed by atoms with Crippen molar-refractivity contribution in [3.8, 4) is 5.75 Å². The average Bonchev–Trinajstić information content (AvgIpc) is 2.47. The Bertz CT molecular complexity index is 283. The van der Waals surface area contributed by atoms with Crippen molar-refractivity contribution in [2.75, 3.05) is 6.61 Å². The number of hydrogen-bond donors (Lipinski definition) is 1. The summed E-state index contributed by atoms with van der Waals surface area (Å²) in [5.41, 5.74) is 7.09. The Morgan fingerprint density at radius 2 is 2.25 bits per heavy atom. The van der Waals surface area contributed by atoms with E-state index >= 15 is 0 Å². The molecule has 0 aliphatic carbocycles. The molecule has 0 aromatic heterocycles. The van der Waals surface area contributed by atoms with E-state index in [4.69, 9.17) is 10.5 Å². The SMILES string of the molecule is C[C@H](N)C1COc2ccccc21. The Kier molecular flexibility index (Phi) is 1.77. The molecule has 0 saturated heterocycles. The fraction of sp³-hybridized carbons (Fsp3) is 0.400. The zero-order chi connectivity index (χ0) is 8.55. The van der Waals surface area contributed by atoms with Gasteiger partial charge in [0.15, 0.2) is 0 Å². The van der Waals surface area contributed by atoms with Gasteiger partial charge in [-0.1, -0.05) is 18.2 Å². The van der Waals surface area contributed by atoms with E-state index in [9.17, 15) is 0 Å². The molecule has 64 valence electrons. The fourth-order valence-electron chi connectivity index (χ4n) is 1.62. The van der Waals surface area contributed by atoms with Crippen molar-refractivity contribution in [2.24, 2.45) is 5.73 Å². The molecule has 2 rings (SSSR count). The Balaban J connectivity index is 2.36. The third-order valence-electron chi connectivity index (χ3n) is 2.37. The van der Waals surface area contributed by atoms with E-state index in [2.05, 4.69) is 6.07 Å². The number of ether oxygens (including phenoxy) is 1. The van der Waals surface area contributed by atoms with Crippen LogP contribution in [0.5, 0.6) is 5.75 Å². The topological polar surface area (TPSA) is 35.2 Å². The van der Waals surface area contributed by atoms with Gasteiger partial charge in [-0.2, -0.15) is 0 Å². The molecular formula is C10H13NO. The molecule has 0 amide bonds. The summed E-state index contributed by atoms with van der Waals surface area (Å²) in [6.07, 6.45) is 0. The summed E-state index contributed by atoms with van der Waals surface area (Å²) in [5, 5.41) is 0. The Morgan fingerprint density at radius 3 is 3.00 bits per heavy atom. The van der Waals surface area contributed by atoms with Crippen LogP contribution in [0.15, 0.2) is 24.3 Å². The predicted molar refractivity (Wildman–Crippen MR) is 48.3 cm³/mol. The lowest BCUT2D eigenvalue weighted by Crippen LogP contribution is -2.25. The van der Waals surface area contributed by atoms with Gasteiger partial charge in [0.1, 0.15) is 5.75 Å². The molecule has 2 N–H and O–H groups in total. The standard InChI is InChI=1S/C10H13NO/c1-7(11)9-6-12-10-5-3-2-4-8(9)10/h2-5,7,9H,6,11H2,1H3/t7-,9?/m0/s1. The van der Waals surface area contributed by atoms with E-state index in [1.807, 2.05) is 25.1 Å². The summed E-state index contributed by atoms with van der Waals surface area (Å²) in [6, 6.07) is 8.29. The zero-order valence-electron chi connectivity index (χ0n) is 7.16. The maximum atomic E-state index is 5.83. The zero-order valence-corrected chi connectivity index (χ0v) is 7.16. The molecule has 1 aromatic carbocycles. The molecule has 0 bridgehead atoms. The van der Waals surface area contributed by atoms with Crippen LogP contribution in [0.2, 0.25) is 0 Å². The number of benzene rings is 1. The van der Waals surface area contributed by atoms with Crippen LogP contribution < -0.4 is 10.5 Å². The van der Waals surface area contributed by atoms with Crippen molar-refractivity contribution in [1.82, 2.24) is 0 Å². The van der Waals surface area contributed by atoms with Gasteiger partial charge in [0.25, 0.3) is 0 Å². The molecule has 0 radical (unpaired) electrons. The quantitative estimate of drug-likeness (QED) is 0.681. The second kappa shape index (κ2) is 2.79. The smallest absolute Gasteiger partial charge is 0.122 e. The van der Waals surface area contributed by atoms with Crippen molar-refractivity contribution >= 4 is 0 Å². The molecule has 1 heterocycles. The molecular weight excluding hydrogens is 150 g/mol. The molecule has 0 fully saturated rings. The highest BCUT2D eigenvalue weighted by Crippen LogP contribution is 2.34. The van der Waals surface area contributed by atoms with Crippen molar-refractivity contribution in [3.63, 3.8) is 0 Å². The molecule has 12 heavy (non-hydrogen) atoms. The average molecular weight is 163 g/mol. The summed E-state index contributed by atoms with van der Waals surface area (Å²) in [5.74, 6) is 1.38. The van der Waals surface area contributed by atoms with Crippen molar-refractivity contribution in [1.29, 1.82) is 0 Å². The van der Waals surface area contributed by atoms with Crippen LogP contribution in [0.1, 0.15) is 18.4 Å². The van der Waals surface area contributed by atoms with E-state index in [0.717, 1.165) is 12.4 Å². The summed E-state index contributed by atoms with van der Waals surface area (Å²) < 4.78 is 5.49. The van der Waals surface area contributed by atoms with Gasteiger partial charge in [0, 0.05) is 17.5 Å². The molecule has 1 aliphatic heterocycles. The van der Waals surface area contributed by atoms with Crippen LogP contribution in [-0.4, -0.2) is 12.6 Å². The molecule has 2 heteroatoms. The lowest BCUT2D eigenvalue weighted by Gasteiger charge is -2.11. The van der Waals surface area contributed by atoms with E-state index in [0.29, 0.717) is 5.92 Å². The van der Waals surface area contributed by atoms with Crippen LogP contribution >= 0.6 is 0 Å². The molecule has 1 unspecified atom stereocenters. The minimum Gasteiger partial charge on any atom is -0.493 e. The number of fused-ring (bicyclic) bond motifs is 1. The van der Waals surface area contributed by atoms with Gasteiger partial charge in [0.2, 0.25) is 0 Å². The second-order valence-corrected chi connectivity index (χ2v) is 3.31. The van der Waals surface area contributed by atoms with E-state index < -0.39 is 0 Å². The molecule has 2 atom stereocenters. The highest BCUT2D eigenvalue weighted by Gasteiger charge is 2.26. The van der Waals surface area contributed by atoms with Gasteiger partial charge in [-0.3, -0.25) is 0 Å². The van der Waals surface area contributed by atoms with Crippen LogP contribution in [0.25, 0.3) is 0 Å². The van der Waals surface area contributed by atoms with Crippen LogP contribution in [0.4, 0.5) is 0 Å². The van der Waals surface area contributed by atoms with Gasteiger partial charge >= 0.3 is 0 Å². The number of rotatable bonds is 1. The maximum Gasteiger partial charge on any atom is 0.122 e. The highest BCUT2D eigenvalue weighted by atomic mass is 16.5. The molecule has 2 nitrogen and oxygen atoms in total. The van der Waals surface area contributed by atoms with Crippen molar-refractivity contribution in [2.45, 2.75) is 18.9 Å². The first-order chi connectivity index (χ1) is 5.79. The van der Waals surface area contributed by atoms with Crippen LogP contribution in [-0.2, 0) is 0 Å². The summed E-state index contributed by atoms with van der Waals surface area (Å²) >= 11 is 0. The van der Waals surface area contributed by atoms with Gasteiger partial charge in [0.05, 0.1) is 6.61 Å². The predicted octanol–water partition coefficient (Wildman–Crippen LogP) is 1.51. The highest BCUT2D eigenvalue weighted by molar-refractivity contribution is 5.40. The van der Waals surface area contributed by atoms with E-state index in [1.54, 1.807) is 0 Å². The van der Waals surface area contributed by atoms with Crippen LogP contribution in [0, 0.1) is 0 Å². The third-order valence-corrected chi connectivity index (χ3v) is 2.37. The Labute approximate surface area is 72.3 Å². The van der Waals surface area contributed by atoms with Crippen LogP contribution in [0.3, 0.4) is 0 Å². The fourth-order valence-corrected chi connectivity index (χ4v) is 1.62. The summed E-state index contributed by atoms with van der Waals surface area (Å²) in [4.78, 5) is 0. The monoisotopic (exact) mass is 163 g/mol. The molecule has 1 aromatic rings. The van der Waals surface area contributed by atoms with Gasteiger partial charge in [-0.05, 0) is 13.0 Å². The first kappa shape index (κ1) is 7.62. The number of hydrogen-bond acceptors (Lipinski definition) is 2. The number of nitrogens with two attached hydrogens (primary N) is 1. The lowest BCUT2D eigenvalue weighted by molar-refractivity contribution is 0.318. The van der Waals surface area contributed by atoms with Crippen molar-refractivity contribution < 1.29 is 4.74 Å². The Morgan fingerprint density at radius 1 is 1.50 bits per heavy atom. The van der Waals surface area contributed by atoms with Crippen molar-refractivity contribution in [3.05, 3.63) is 29.8 Å². The first-order valence-electron chi connectivity index (χ1n) is 4.26. The first-order valence-corrected chi connectivity index (χ1v) is 4.26. The van der Waals surface area contributed by atoms with Gasteiger partial charge < -0.3 is 10.5 Å².